The lowest BCUT2D eigenvalue weighted by Crippen LogP contribution is -2.40. The maximum absolute atomic E-state index is 13.3. The third-order valence-corrected chi connectivity index (χ3v) is 7.58. The minimum Gasteiger partial charge on any atom is -0.383 e. The van der Waals surface area contributed by atoms with E-state index < -0.39 is 0 Å². The van der Waals surface area contributed by atoms with Crippen molar-refractivity contribution in [3.8, 4) is 6.07 Å². The van der Waals surface area contributed by atoms with E-state index in [1.165, 1.54) is 11.8 Å². The molecule has 0 radical (unpaired) electrons. The number of carbonyl (C=O) groups is 1. The van der Waals surface area contributed by atoms with Gasteiger partial charge in [-0.05, 0) is 43.7 Å². The average Bonchev–Trinajstić information content (AvgIpc) is 3.05. The number of anilines is 1. The van der Waals surface area contributed by atoms with Crippen LogP contribution in [-0.4, -0.2) is 53.0 Å². The number of nitriles is 1. The first-order valence-corrected chi connectivity index (χ1v) is 12.7. The zero-order chi connectivity index (χ0) is 24.1. The van der Waals surface area contributed by atoms with E-state index in [4.69, 9.17) is 17.0 Å². The highest BCUT2D eigenvalue weighted by molar-refractivity contribution is 8.26. The fraction of sp³-hybridized carbons (Fsp3) is 0.583. The number of nitrogens with zero attached hydrogens (tertiary/aromatic N) is 4. The first-order valence-electron chi connectivity index (χ1n) is 11.5. The summed E-state index contributed by atoms with van der Waals surface area (Å²) in [6, 6.07) is 2.12. The molecule has 0 aromatic carbocycles. The molecule has 7 nitrogen and oxygen atoms in total. The first-order chi connectivity index (χ1) is 15.8. The molecule has 2 aliphatic heterocycles. The topological polar surface area (TPSA) is 78.6 Å². The summed E-state index contributed by atoms with van der Waals surface area (Å²) >= 11 is 6.69. The Morgan fingerprint density at radius 2 is 2.09 bits per heavy atom. The largest absolute Gasteiger partial charge is 0.383 e. The number of ether oxygens (including phenoxy) is 1. The van der Waals surface area contributed by atoms with Crippen LogP contribution in [0, 0.1) is 24.2 Å². The Labute approximate surface area is 205 Å². The van der Waals surface area contributed by atoms with E-state index in [0.29, 0.717) is 40.4 Å². The molecular formula is C24H32N4O3S2. The SMILES string of the molecule is CCCCn1c(N2CCCC(C)C2)c(C=C2SC(=S)N(CCOC)C2=O)c(C)c(C#N)c1=O. The van der Waals surface area contributed by atoms with Gasteiger partial charge in [0.15, 0.2) is 0 Å². The van der Waals surface area contributed by atoms with Crippen molar-refractivity contribution in [2.75, 3.05) is 38.3 Å². The van der Waals surface area contributed by atoms with E-state index >= 15 is 0 Å². The van der Waals surface area contributed by atoms with E-state index in [0.717, 1.165) is 50.2 Å². The minimum absolute atomic E-state index is 0.140. The normalized spacial score (nSPS) is 20.1. The number of piperidine rings is 1. The average molecular weight is 489 g/mol. The Bertz CT molecular complexity index is 1060. The molecule has 9 heteroatoms. The molecular weight excluding hydrogens is 456 g/mol. The lowest BCUT2D eigenvalue weighted by molar-refractivity contribution is -0.122. The smallest absolute Gasteiger partial charge is 0.270 e. The predicted molar refractivity (Wildman–Crippen MR) is 137 cm³/mol. The Balaban J connectivity index is 2.20. The lowest BCUT2D eigenvalue weighted by atomic mass is 9.98. The lowest BCUT2D eigenvalue weighted by Gasteiger charge is -2.36. The summed E-state index contributed by atoms with van der Waals surface area (Å²) in [5.74, 6) is 1.16. The van der Waals surface area contributed by atoms with Gasteiger partial charge in [0.05, 0.1) is 18.1 Å². The minimum atomic E-state index is -0.249. The third-order valence-electron chi connectivity index (χ3n) is 6.21. The maximum atomic E-state index is 13.3. The van der Waals surface area contributed by atoms with Crippen molar-refractivity contribution < 1.29 is 9.53 Å². The highest BCUT2D eigenvalue weighted by atomic mass is 32.2. The van der Waals surface area contributed by atoms with Gasteiger partial charge in [0.25, 0.3) is 11.5 Å². The molecule has 33 heavy (non-hydrogen) atoms. The Morgan fingerprint density at radius 3 is 2.73 bits per heavy atom. The third kappa shape index (κ3) is 5.34. The van der Waals surface area contributed by atoms with Gasteiger partial charge in [-0.3, -0.25) is 19.1 Å². The molecule has 0 bridgehead atoms. The second kappa shape index (κ2) is 11.3. The van der Waals surface area contributed by atoms with Crippen LogP contribution in [-0.2, 0) is 16.1 Å². The molecule has 178 valence electrons. The second-order valence-electron chi connectivity index (χ2n) is 8.68. The van der Waals surface area contributed by atoms with Crippen LogP contribution >= 0.6 is 24.0 Å². The van der Waals surface area contributed by atoms with Crippen molar-refractivity contribution in [1.82, 2.24) is 9.47 Å². The van der Waals surface area contributed by atoms with Crippen LogP contribution in [0.3, 0.4) is 0 Å². The van der Waals surface area contributed by atoms with Crippen LogP contribution in [0.2, 0.25) is 0 Å². The molecule has 0 aliphatic carbocycles. The van der Waals surface area contributed by atoms with Gasteiger partial charge in [0.1, 0.15) is 21.8 Å². The molecule has 3 rings (SSSR count). The standard InChI is InChI=1S/C24H32N4O3S2/c1-5-6-10-27-21(26-9-7-8-16(2)15-26)18(17(3)19(14-25)22(27)29)13-20-23(30)28(11-12-31-4)24(32)33-20/h13,16H,5-12,15H2,1-4H3. The number of pyridine rings is 1. The number of hydrogen-bond donors (Lipinski definition) is 0. The van der Waals surface area contributed by atoms with E-state index in [-0.39, 0.29) is 17.0 Å². The van der Waals surface area contributed by atoms with Crippen LogP contribution in [0.5, 0.6) is 0 Å². The summed E-state index contributed by atoms with van der Waals surface area (Å²) in [6.07, 6.45) is 5.80. The number of carbonyl (C=O) groups excluding carboxylic acids is 1. The van der Waals surface area contributed by atoms with Gasteiger partial charge < -0.3 is 9.64 Å². The quantitative estimate of drug-likeness (QED) is 0.405. The Kier molecular flexibility index (Phi) is 8.74. The van der Waals surface area contributed by atoms with Gasteiger partial charge in [-0.2, -0.15) is 5.26 Å². The van der Waals surface area contributed by atoms with Crippen molar-refractivity contribution in [3.05, 3.63) is 31.9 Å². The number of methoxy groups -OCH3 is 1. The van der Waals surface area contributed by atoms with Crippen molar-refractivity contribution >= 4 is 46.1 Å². The second-order valence-corrected chi connectivity index (χ2v) is 10.4. The van der Waals surface area contributed by atoms with Crippen LogP contribution in [0.25, 0.3) is 6.08 Å². The zero-order valence-corrected chi connectivity index (χ0v) is 21.5. The van der Waals surface area contributed by atoms with Crippen LogP contribution < -0.4 is 10.5 Å². The van der Waals surface area contributed by atoms with Crippen molar-refractivity contribution in [2.24, 2.45) is 5.92 Å². The van der Waals surface area contributed by atoms with Gasteiger partial charge in [0.2, 0.25) is 0 Å². The molecule has 1 aromatic heterocycles. The van der Waals surface area contributed by atoms with Gasteiger partial charge in [-0.15, -0.1) is 0 Å². The van der Waals surface area contributed by atoms with E-state index in [1.807, 2.05) is 6.08 Å². The van der Waals surface area contributed by atoms with Crippen LogP contribution in [0.15, 0.2) is 9.70 Å². The summed E-state index contributed by atoms with van der Waals surface area (Å²) in [4.78, 5) is 30.7. The number of thioether (sulfide) groups is 1. The summed E-state index contributed by atoms with van der Waals surface area (Å²) in [5, 5.41) is 9.80. The van der Waals surface area contributed by atoms with Crippen molar-refractivity contribution in [1.29, 1.82) is 5.26 Å². The molecule has 0 spiro atoms. The van der Waals surface area contributed by atoms with Gasteiger partial charge >= 0.3 is 0 Å². The van der Waals surface area contributed by atoms with E-state index in [9.17, 15) is 14.9 Å². The highest BCUT2D eigenvalue weighted by Crippen LogP contribution is 2.36. The first kappa shape index (κ1) is 25.5. The molecule has 1 atom stereocenters. The summed E-state index contributed by atoms with van der Waals surface area (Å²) in [5.41, 5.74) is 1.27. The van der Waals surface area contributed by atoms with Crippen molar-refractivity contribution in [3.63, 3.8) is 0 Å². The molecule has 1 unspecified atom stereocenters. The van der Waals surface area contributed by atoms with Gasteiger partial charge in [-0.1, -0.05) is 44.2 Å². The van der Waals surface area contributed by atoms with Crippen LogP contribution in [0.1, 0.15) is 56.2 Å². The number of aromatic nitrogens is 1. The Morgan fingerprint density at radius 1 is 1.33 bits per heavy atom. The van der Waals surface area contributed by atoms with Gasteiger partial charge in [-0.25, -0.2) is 0 Å². The molecule has 0 saturated carbocycles. The summed E-state index contributed by atoms with van der Waals surface area (Å²) < 4.78 is 7.36. The number of amides is 1. The van der Waals surface area contributed by atoms with Crippen LogP contribution in [0.4, 0.5) is 5.82 Å². The van der Waals surface area contributed by atoms with Crippen molar-refractivity contribution in [2.45, 2.75) is 53.0 Å². The number of thiocarbonyl (C=S) groups is 1. The maximum Gasteiger partial charge on any atom is 0.270 e. The fourth-order valence-electron chi connectivity index (χ4n) is 4.40. The summed E-state index contributed by atoms with van der Waals surface area (Å²) in [7, 11) is 1.59. The monoisotopic (exact) mass is 488 g/mol. The molecule has 1 aromatic rings. The zero-order valence-electron chi connectivity index (χ0n) is 19.8. The number of rotatable bonds is 8. The number of unbranched alkanes of at least 4 members (excludes halogenated alkanes) is 1. The predicted octanol–water partition coefficient (Wildman–Crippen LogP) is 3.91. The van der Waals surface area contributed by atoms with E-state index in [2.05, 4.69) is 24.8 Å². The fourth-order valence-corrected chi connectivity index (χ4v) is 5.69. The summed E-state index contributed by atoms with van der Waals surface area (Å²) in [6.45, 7) is 9.13. The van der Waals surface area contributed by atoms with E-state index in [1.54, 1.807) is 23.5 Å². The van der Waals surface area contributed by atoms with Gasteiger partial charge in [0, 0.05) is 32.3 Å². The highest BCUT2D eigenvalue weighted by Gasteiger charge is 2.33. The molecule has 2 aliphatic rings. The number of hydrogen-bond acceptors (Lipinski definition) is 7. The molecule has 1 amide bonds. The molecule has 2 saturated heterocycles. The molecule has 0 N–H and O–H groups in total. The Hall–Kier alpha value is -2.15. The molecule has 3 heterocycles. The molecule has 2 fully saturated rings.